The van der Waals surface area contributed by atoms with Crippen molar-refractivity contribution < 1.29 is 4.42 Å². The van der Waals surface area contributed by atoms with Gasteiger partial charge in [0.1, 0.15) is 11.2 Å². The molecule has 0 aliphatic carbocycles. The summed E-state index contributed by atoms with van der Waals surface area (Å²) in [5, 5.41) is 7.19. The molecule has 0 radical (unpaired) electrons. The highest BCUT2D eigenvalue weighted by molar-refractivity contribution is 6.23. The molecule has 7 aromatic carbocycles. The van der Waals surface area contributed by atoms with Gasteiger partial charge in [-0.3, -0.25) is 0 Å². The van der Waals surface area contributed by atoms with Gasteiger partial charge in [-0.25, -0.2) is 0 Å². The van der Waals surface area contributed by atoms with E-state index >= 15 is 0 Å². The van der Waals surface area contributed by atoms with Gasteiger partial charge in [0.15, 0.2) is 0 Å². The van der Waals surface area contributed by atoms with Crippen molar-refractivity contribution in [2.45, 2.75) is 6.92 Å². The maximum Gasteiger partial charge on any atom is 0.143 e. The summed E-state index contributed by atoms with van der Waals surface area (Å²) in [6.45, 7) is 6.01. The van der Waals surface area contributed by atoms with Crippen molar-refractivity contribution in [3.63, 3.8) is 0 Å². The molecular formula is C45H32O. The Hall–Kier alpha value is -5.92. The van der Waals surface area contributed by atoms with Gasteiger partial charge in [0.25, 0.3) is 0 Å². The lowest BCUT2D eigenvalue weighted by Gasteiger charge is -2.17. The standard InChI is InChI=1S/C45H32O/c1-3-15-30(16-4-2)35-27-26-34(31-17-7-5-8-18-31)44-40-29-33(25-28-41(40)46-45(35)44)43-38-23-13-11-21-36(38)42(32-19-9-6-10-20-32)37-22-12-14-24-39(37)43/h3-29H,1H2,2H3/b16-4-,30-15+. The second-order valence-corrected chi connectivity index (χ2v) is 11.6. The molecule has 0 aliphatic rings. The van der Waals surface area contributed by atoms with Crippen LogP contribution in [0.5, 0.6) is 0 Å². The first-order valence-electron chi connectivity index (χ1n) is 15.8. The molecule has 0 spiro atoms. The average molecular weight is 589 g/mol. The zero-order valence-corrected chi connectivity index (χ0v) is 25.7. The summed E-state index contributed by atoms with van der Waals surface area (Å²) in [6.07, 6.45) is 8.05. The Morgan fingerprint density at radius 2 is 1.13 bits per heavy atom. The largest absolute Gasteiger partial charge is 0.455 e. The van der Waals surface area contributed by atoms with Gasteiger partial charge >= 0.3 is 0 Å². The number of benzene rings is 7. The Kier molecular flexibility index (Phi) is 6.93. The van der Waals surface area contributed by atoms with Crippen LogP contribution in [-0.2, 0) is 0 Å². The summed E-state index contributed by atoms with van der Waals surface area (Å²) in [5.74, 6) is 0. The smallest absolute Gasteiger partial charge is 0.143 e. The van der Waals surface area contributed by atoms with Crippen molar-refractivity contribution in [1.29, 1.82) is 0 Å². The van der Waals surface area contributed by atoms with Crippen LogP contribution in [-0.4, -0.2) is 0 Å². The molecule has 0 atom stereocenters. The molecule has 218 valence electrons. The third-order valence-electron chi connectivity index (χ3n) is 8.94. The fourth-order valence-electron chi connectivity index (χ4n) is 7.02. The van der Waals surface area contributed by atoms with Gasteiger partial charge in [-0.05, 0) is 85.6 Å². The van der Waals surface area contributed by atoms with Crippen LogP contribution in [0.4, 0.5) is 0 Å². The summed E-state index contributed by atoms with van der Waals surface area (Å²) in [4.78, 5) is 0. The molecule has 8 aromatic rings. The van der Waals surface area contributed by atoms with Crippen LogP contribution in [0, 0.1) is 0 Å². The van der Waals surface area contributed by atoms with Crippen LogP contribution < -0.4 is 0 Å². The Balaban J connectivity index is 1.48. The summed E-state index contributed by atoms with van der Waals surface area (Å²) in [5.41, 5.74) is 11.1. The minimum absolute atomic E-state index is 0.872. The van der Waals surface area contributed by atoms with Gasteiger partial charge in [-0.1, -0.05) is 152 Å². The minimum atomic E-state index is 0.872. The Labute approximate surface area is 269 Å². The van der Waals surface area contributed by atoms with Gasteiger partial charge in [0.05, 0.1) is 0 Å². The Bertz CT molecular complexity index is 2420. The molecule has 0 bridgehead atoms. The van der Waals surface area contributed by atoms with E-state index in [9.17, 15) is 0 Å². The van der Waals surface area contributed by atoms with Crippen LogP contribution in [0.3, 0.4) is 0 Å². The van der Waals surface area contributed by atoms with Crippen molar-refractivity contribution in [2.24, 2.45) is 0 Å². The molecule has 0 unspecified atom stereocenters. The maximum absolute atomic E-state index is 6.75. The highest BCUT2D eigenvalue weighted by Gasteiger charge is 2.20. The minimum Gasteiger partial charge on any atom is -0.455 e. The highest BCUT2D eigenvalue weighted by atomic mass is 16.3. The van der Waals surface area contributed by atoms with Crippen LogP contribution in [0.2, 0.25) is 0 Å². The summed E-state index contributed by atoms with van der Waals surface area (Å²) in [7, 11) is 0. The molecule has 0 amide bonds. The molecule has 1 heteroatoms. The Morgan fingerprint density at radius 3 is 1.72 bits per heavy atom. The number of hydrogen-bond donors (Lipinski definition) is 0. The molecule has 8 rings (SSSR count). The van der Waals surface area contributed by atoms with Gasteiger partial charge in [-0.2, -0.15) is 0 Å². The number of hydrogen-bond acceptors (Lipinski definition) is 1. The number of allylic oxidation sites excluding steroid dienone is 5. The molecule has 0 saturated heterocycles. The van der Waals surface area contributed by atoms with E-state index in [4.69, 9.17) is 4.42 Å². The lowest BCUT2D eigenvalue weighted by atomic mass is 9.85. The predicted octanol–water partition coefficient (Wildman–Crippen LogP) is 13.0. The fraction of sp³-hybridized carbons (Fsp3) is 0.0222. The van der Waals surface area contributed by atoms with E-state index in [1.165, 1.54) is 43.8 Å². The van der Waals surface area contributed by atoms with Gasteiger partial charge in [0, 0.05) is 16.3 Å². The van der Waals surface area contributed by atoms with Crippen LogP contribution in [0.15, 0.2) is 175 Å². The van der Waals surface area contributed by atoms with Gasteiger partial charge < -0.3 is 4.42 Å². The first kappa shape index (κ1) is 27.6. The van der Waals surface area contributed by atoms with Crippen molar-refractivity contribution in [3.05, 3.63) is 176 Å². The molecule has 0 fully saturated rings. The molecule has 0 aliphatic heterocycles. The SMILES string of the molecule is C=C/C=C(\C=C/C)c1ccc(-c2ccccc2)c2c1oc1ccc(-c3c4ccccc4c(-c4ccccc4)c4ccccc34)cc12. The van der Waals surface area contributed by atoms with Crippen molar-refractivity contribution >= 4 is 49.1 Å². The topological polar surface area (TPSA) is 13.1 Å². The fourth-order valence-corrected chi connectivity index (χ4v) is 7.02. The number of rotatable bonds is 6. The zero-order valence-electron chi connectivity index (χ0n) is 25.7. The zero-order chi connectivity index (χ0) is 31.0. The average Bonchev–Trinajstić information content (AvgIpc) is 3.50. The maximum atomic E-state index is 6.75. The third-order valence-corrected chi connectivity index (χ3v) is 8.94. The van der Waals surface area contributed by atoms with Crippen LogP contribution in [0.1, 0.15) is 12.5 Å². The van der Waals surface area contributed by atoms with Gasteiger partial charge in [0.2, 0.25) is 0 Å². The summed E-state index contributed by atoms with van der Waals surface area (Å²) >= 11 is 0. The molecule has 1 nitrogen and oxygen atoms in total. The number of furan rings is 1. The van der Waals surface area contributed by atoms with E-state index in [2.05, 4.69) is 158 Å². The lowest BCUT2D eigenvalue weighted by molar-refractivity contribution is 0.668. The van der Waals surface area contributed by atoms with E-state index in [0.29, 0.717) is 0 Å². The predicted molar refractivity (Wildman–Crippen MR) is 198 cm³/mol. The molecule has 0 N–H and O–H groups in total. The first-order chi connectivity index (χ1) is 22.8. The normalized spacial score (nSPS) is 12.2. The van der Waals surface area contributed by atoms with E-state index in [-0.39, 0.29) is 0 Å². The van der Waals surface area contributed by atoms with E-state index in [1.54, 1.807) is 0 Å². The number of fused-ring (bicyclic) bond motifs is 5. The Morgan fingerprint density at radius 1 is 0.565 bits per heavy atom. The monoisotopic (exact) mass is 588 g/mol. The second-order valence-electron chi connectivity index (χ2n) is 11.6. The quantitative estimate of drug-likeness (QED) is 0.139. The van der Waals surface area contributed by atoms with Crippen LogP contribution in [0.25, 0.3) is 82.4 Å². The highest BCUT2D eigenvalue weighted by Crippen LogP contribution is 2.46. The molecule has 1 aromatic heterocycles. The van der Waals surface area contributed by atoms with Crippen molar-refractivity contribution in [3.8, 4) is 33.4 Å². The molecule has 46 heavy (non-hydrogen) atoms. The third kappa shape index (κ3) is 4.48. The van der Waals surface area contributed by atoms with Crippen LogP contribution >= 0.6 is 0 Å². The van der Waals surface area contributed by atoms with E-state index in [1.807, 2.05) is 19.1 Å². The molecular weight excluding hydrogens is 556 g/mol. The summed E-state index contributed by atoms with van der Waals surface area (Å²) < 4.78 is 6.75. The first-order valence-corrected chi connectivity index (χ1v) is 15.8. The molecule has 1 heterocycles. The van der Waals surface area contributed by atoms with Gasteiger partial charge in [-0.15, -0.1) is 0 Å². The second kappa shape index (κ2) is 11.5. The molecule has 0 saturated carbocycles. The lowest BCUT2D eigenvalue weighted by Crippen LogP contribution is -1.90. The van der Waals surface area contributed by atoms with E-state index in [0.717, 1.165) is 44.2 Å². The van der Waals surface area contributed by atoms with Crippen molar-refractivity contribution in [2.75, 3.05) is 0 Å². The van der Waals surface area contributed by atoms with E-state index < -0.39 is 0 Å². The summed E-state index contributed by atoms with van der Waals surface area (Å²) in [6, 6.07) is 50.1. The van der Waals surface area contributed by atoms with Crippen molar-refractivity contribution in [1.82, 2.24) is 0 Å².